The average molecular weight is 414 g/mol. The van der Waals surface area contributed by atoms with Crippen molar-refractivity contribution < 1.29 is 12.8 Å². The lowest BCUT2D eigenvalue weighted by Crippen LogP contribution is -2.51. The summed E-state index contributed by atoms with van der Waals surface area (Å²) in [6.45, 7) is 1.50. The summed E-state index contributed by atoms with van der Waals surface area (Å²) in [6, 6.07) is 12.1. The van der Waals surface area contributed by atoms with Crippen LogP contribution in [0.4, 0.5) is 10.1 Å². The largest absolute Gasteiger partial charge is 0.346 e. The van der Waals surface area contributed by atoms with Crippen LogP contribution in [0.15, 0.2) is 53.4 Å². The lowest BCUT2D eigenvalue weighted by Gasteiger charge is -2.35. The van der Waals surface area contributed by atoms with Crippen molar-refractivity contribution in [3.8, 4) is 0 Å². The first-order chi connectivity index (χ1) is 12.4. The molecule has 2 aromatic rings. The number of anilines is 1. The smallest absolute Gasteiger partial charge is 0.243 e. The van der Waals surface area contributed by atoms with E-state index < -0.39 is 15.8 Å². The van der Waals surface area contributed by atoms with Gasteiger partial charge in [0.1, 0.15) is 5.82 Å². The zero-order valence-corrected chi connectivity index (χ0v) is 16.1. The molecule has 0 radical (unpaired) electrons. The first kappa shape index (κ1) is 19.0. The van der Waals surface area contributed by atoms with Crippen LogP contribution in [-0.4, -0.2) is 48.9 Å². The van der Waals surface area contributed by atoms with Crippen LogP contribution >= 0.6 is 23.8 Å². The molecule has 0 aromatic heterocycles. The summed E-state index contributed by atoms with van der Waals surface area (Å²) in [6.07, 6.45) is 0. The van der Waals surface area contributed by atoms with Crippen molar-refractivity contribution >= 4 is 44.6 Å². The van der Waals surface area contributed by atoms with Crippen LogP contribution in [0.25, 0.3) is 0 Å². The molecular weight excluding hydrogens is 397 g/mol. The van der Waals surface area contributed by atoms with E-state index in [9.17, 15) is 12.8 Å². The molecule has 1 saturated heterocycles. The summed E-state index contributed by atoms with van der Waals surface area (Å²) in [4.78, 5) is 1.99. The predicted octanol–water partition coefficient (Wildman–Crippen LogP) is 3.18. The highest BCUT2D eigenvalue weighted by atomic mass is 35.5. The summed E-state index contributed by atoms with van der Waals surface area (Å²) in [5, 5.41) is 4.15. The zero-order chi connectivity index (χ0) is 18.7. The van der Waals surface area contributed by atoms with Crippen molar-refractivity contribution in [1.82, 2.24) is 9.21 Å². The van der Waals surface area contributed by atoms with Crippen LogP contribution in [0.2, 0.25) is 5.02 Å². The molecule has 138 valence electrons. The molecule has 1 heterocycles. The molecule has 0 spiro atoms. The normalized spacial score (nSPS) is 15.7. The Morgan fingerprint density at radius 3 is 2.27 bits per heavy atom. The topological polar surface area (TPSA) is 52.7 Å². The monoisotopic (exact) mass is 413 g/mol. The summed E-state index contributed by atoms with van der Waals surface area (Å²) in [5.74, 6) is -0.468. The van der Waals surface area contributed by atoms with Crippen LogP contribution in [-0.2, 0) is 10.0 Å². The molecule has 1 N–H and O–H groups in total. The van der Waals surface area contributed by atoms with E-state index in [-0.39, 0.29) is 4.90 Å². The molecule has 3 rings (SSSR count). The minimum Gasteiger partial charge on any atom is -0.346 e. The van der Waals surface area contributed by atoms with E-state index >= 15 is 0 Å². The zero-order valence-electron chi connectivity index (χ0n) is 13.7. The standard InChI is InChI=1S/C17H17ClFN3O2S2/c18-15-3-1-2-4-16(15)20-17(25)21-9-11-22(12-10-21)26(23,24)14-7-5-13(19)6-8-14/h1-8H,9-12H2,(H,20,25). The van der Waals surface area contributed by atoms with Crippen LogP contribution in [0.5, 0.6) is 0 Å². The Morgan fingerprint density at radius 1 is 1.04 bits per heavy atom. The van der Waals surface area contributed by atoms with Gasteiger partial charge in [0, 0.05) is 26.2 Å². The second-order valence-electron chi connectivity index (χ2n) is 5.76. The number of rotatable bonds is 3. The van der Waals surface area contributed by atoms with Gasteiger partial charge in [-0.1, -0.05) is 23.7 Å². The number of thiocarbonyl (C=S) groups is 1. The molecule has 26 heavy (non-hydrogen) atoms. The van der Waals surface area contributed by atoms with Crippen molar-refractivity contribution in [3.63, 3.8) is 0 Å². The Kier molecular flexibility index (Phi) is 5.76. The van der Waals surface area contributed by atoms with Gasteiger partial charge in [-0.05, 0) is 48.6 Å². The number of benzene rings is 2. The SMILES string of the molecule is O=S(=O)(c1ccc(F)cc1)N1CCN(C(=S)Nc2ccccc2Cl)CC1. The number of para-hydroxylation sites is 1. The second kappa shape index (κ2) is 7.87. The van der Waals surface area contributed by atoms with Gasteiger partial charge in [0.05, 0.1) is 15.6 Å². The maximum atomic E-state index is 13.0. The van der Waals surface area contributed by atoms with E-state index in [1.807, 2.05) is 23.1 Å². The Hall–Kier alpha value is -1.74. The van der Waals surface area contributed by atoms with Crippen molar-refractivity contribution in [2.45, 2.75) is 4.90 Å². The van der Waals surface area contributed by atoms with E-state index in [2.05, 4.69) is 5.32 Å². The molecule has 0 unspecified atom stereocenters. The minimum atomic E-state index is -3.64. The number of nitrogens with zero attached hydrogens (tertiary/aromatic N) is 2. The fourth-order valence-corrected chi connectivity index (χ4v) is 4.54. The molecule has 0 bridgehead atoms. The number of halogens is 2. The highest BCUT2D eigenvalue weighted by molar-refractivity contribution is 7.89. The van der Waals surface area contributed by atoms with Gasteiger partial charge in [-0.3, -0.25) is 0 Å². The van der Waals surface area contributed by atoms with Gasteiger partial charge in [0.2, 0.25) is 10.0 Å². The van der Waals surface area contributed by atoms with E-state index in [4.69, 9.17) is 23.8 Å². The fraction of sp³-hybridized carbons (Fsp3) is 0.235. The Balaban J connectivity index is 1.62. The molecule has 1 aliphatic rings. The van der Waals surface area contributed by atoms with Gasteiger partial charge >= 0.3 is 0 Å². The van der Waals surface area contributed by atoms with Crippen molar-refractivity contribution in [2.75, 3.05) is 31.5 Å². The van der Waals surface area contributed by atoms with Crippen LogP contribution in [0, 0.1) is 5.82 Å². The molecule has 2 aromatic carbocycles. The van der Waals surface area contributed by atoms with Crippen LogP contribution in [0.3, 0.4) is 0 Å². The maximum Gasteiger partial charge on any atom is 0.243 e. The third-order valence-corrected chi connectivity index (χ3v) is 6.70. The molecule has 0 saturated carbocycles. The summed E-state index contributed by atoms with van der Waals surface area (Å²) >= 11 is 11.5. The number of nitrogens with one attached hydrogen (secondary N) is 1. The van der Waals surface area contributed by atoms with Gasteiger partial charge in [-0.2, -0.15) is 4.31 Å². The molecule has 0 amide bonds. The fourth-order valence-electron chi connectivity index (χ4n) is 2.64. The summed E-state index contributed by atoms with van der Waals surface area (Å²) in [7, 11) is -3.64. The van der Waals surface area contributed by atoms with Crippen LogP contribution in [0.1, 0.15) is 0 Å². The lowest BCUT2D eigenvalue weighted by atomic mass is 10.3. The summed E-state index contributed by atoms with van der Waals surface area (Å²) < 4.78 is 39.7. The Labute approximate surface area is 162 Å². The quantitative estimate of drug-likeness (QED) is 0.783. The van der Waals surface area contributed by atoms with E-state index in [1.165, 1.54) is 16.4 Å². The Morgan fingerprint density at radius 2 is 1.65 bits per heavy atom. The van der Waals surface area contributed by atoms with Gasteiger partial charge in [0.15, 0.2) is 5.11 Å². The molecule has 9 heteroatoms. The van der Waals surface area contributed by atoms with Crippen molar-refractivity contribution in [3.05, 3.63) is 59.4 Å². The van der Waals surface area contributed by atoms with Crippen molar-refractivity contribution in [2.24, 2.45) is 0 Å². The van der Waals surface area contributed by atoms with Gasteiger partial charge in [0.25, 0.3) is 0 Å². The minimum absolute atomic E-state index is 0.0871. The molecule has 0 aliphatic carbocycles. The third kappa shape index (κ3) is 4.15. The van der Waals surface area contributed by atoms with Crippen LogP contribution < -0.4 is 5.32 Å². The highest BCUT2D eigenvalue weighted by Gasteiger charge is 2.29. The molecule has 1 fully saturated rings. The number of hydrogen-bond acceptors (Lipinski definition) is 3. The number of sulfonamides is 1. The molecule has 0 atom stereocenters. The third-order valence-electron chi connectivity index (χ3n) is 4.09. The maximum absolute atomic E-state index is 13.0. The predicted molar refractivity (Wildman–Crippen MR) is 104 cm³/mol. The highest BCUT2D eigenvalue weighted by Crippen LogP contribution is 2.22. The van der Waals surface area contributed by atoms with Gasteiger partial charge in [-0.25, -0.2) is 12.8 Å². The number of hydrogen-bond donors (Lipinski definition) is 1. The second-order valence-corrected chi connectivity index (χ2v) is 8.49. The number of piperazine rings is 1. The van der Waals surface area contributed by atoms with E-state index in [0.29, 0.717) is 42.0 Å². The van der Waals surface area contributed by atoms with Crippen molar-refractivity contribution in [1.29, 1.82) is 0 Å². The first-order valence-corrected chi connectivity index (χ1v) is 10.2. The molecular formula is C17H17ClFN3O2S2. The molecule has 1 aliphatic heterocycles. The van der Waals surface area contributed by atoms with E-state index in [1.54, 1.807) is 6.07 Å². The average Bonchev–Trinajstić information content (AvgIpc) is 2.64. The summed E-state index contributed by atoms with van der Waals surface area (Å²) in [5.41, 5.74) is 0.709. The van der Waals surface area contributed by atoms with Gasteiger partial charge in [-0.15, -0.1) is 0 Å². The lowest BCUT2D eigenvalue weighted by molar-refractivity contribution is 0.268. The molecule has 5 nitrogen and oxygen atoms in total. The Bertz CT molecular complexity index is 898. The van der Waals surface area contributed by atoms with E-state index in [0.717, 1.165) is 12.1 Å². The van der Waals surface area contributed by atoms with Gasteiger partial charge < -0.3 is 10.2 Å². The first-order valence-electron chi connectivity index (χ1n) is 7.94.